The second kappa shape index (κ2) is 8.90. The number of fused-ring (bicyclic) bond motifs is 1. The molecule has 2 heterocycles. The number of primary amides is 1. The number of aromatic nitrogens is 3. The number of hydrogen-bond donors (Lipinski definition) is 5. The van der Waals surface area contributed by atoms with Gasteiger partial charge in [-0.15, -0.1) is 0 Å². The highest BCUT2D eigenvalue weighted by molar-refractivity contribution is 5.93. The lowest BCUT2D eigenvalue weighted by Crippen LogP contribution is -2.27. The fourth-order valence-electron chi connectivity index (χ4n) is 2.29. The highest BCUT2D eigenvalue weighted by atomic mass is 19.4. The van der Waals surface area contributed by atoms with Crippen LogP contribution in [0, 0.1) is 0 Å². The van der Waals surface area contributed by atoms with Crippen LogP contribution in [-0.2, 0) is 4.79 Å². The molecule has 0 radical (unpaired) electrons. The standard InChI is InChI=1S/C17H20N6O.C2HF3O2/c1-17(2,3)23-15-12-8-9-19-14(12)21-16(22-15)20-11-6-4-10(5-7-11)13(18)24;3-2(4,5)1(6)7/h4-9H,1-3H3,(H2,18,24)(H3,19,20,21,22,23);(H,6,7). The molecule has 0 aliphatic rings. The molecule has 0 aliphatic carbocycles. The van der Waals surface area contributed by atoms with Gasteiger partial charge in [-0.1, -0.05) is 0 Å². The molecule has 0 atom stereocenters. The number of nitrogens with one attached hydrogen (secondary N) is 3. The van der Waals surface area contributed by atoms with Gasteiger partial charge in [0.15, 0.2) is 0 Å². The Bertz CT molecular complexity index is 1070. The molecule has 0 bridgehead atoms. The van der Waals surface area contributed by atoms with Crippen LogP contribution in [0.2, 0.25) is 0 Å². The SMILES string of the molecule is CC(C)(C)Nc1nc(Nc2ccc(C(N)=O)cc2)nc2[nH]ccc12.O=C(O)C(F)(F)F. The zero-order valence-electron chi connectivity index (χ0n) is 16.8. The summed E-state index contributed by atoms with van der Waals surface area (Å²) in [4.78, 5) is 32.2. The van der Waals surface area contributed by atoms with Crippen molar-refractivity contribution >= 4 is 40.4 Å². The number of amides is 1. The van der Waals surface area contributed by atoms with Gasteiger partial charge in [0.05, 0.1) is 5.39 Å². The first kappa shape index (κ1) is 23.4. The van der Waals surface area contributed by atoms with E-state index in [9.17, 15) is 18.0 Å². The first-order valence-corrected chi connectivity index (χ1v) is 8.86. The number of carbonyl (C=O) groups is 2. The van der Waals surface area contributed by atoms with Gasteiger partial charge in [0.1, 0.15) is 11.5 Å². The molecule has 0 unspecified atom stereocenters. The molecule has 3 aromatic rings. The van der Waals surface area contributed by atoms with Gasteiger partial charge in [-0.25, -0.2) is 4.79 Å². The zero-order valence-corrected chi connectivity index (χ0v) is 16.8. The summed E-state index contributed by atoms with van der Waals surface area (Å²) in [5.41, 5.74) is 7.09. The number of carboxylic acids is 1. The van der Waals surface area contributed by atoms with Crippen LogP contribution in [0.5, 0.6) is 0 Å². The maximum atomic E-state index is 11.1. The number of hydrogen-bond acceptors (Lipinski definition) is 6. The molecule has 1 aromatic carbocycles. The fourth-order valence-corrected chi connectivity index (χ4v) is 2.29. The Morgan fingerprint density at radius 2 is 1.65 bits per heavy atom. The summed E-state index contributed by atoms with van der Waals surface area (Å²) in [6.45, 7) is 6.22. The smallest absolute Gasteiger partial charge is 0.475 e. The van der Waals surface area contributed by atoms with Crippen molar-refractivity contribution in [2.75, 3.05) is 10.6 Å². The largest absolute Gasteiger partial charge is 0.490 e. The minimum atomic E-state index is -5.08. The third-order valence-electron chi connectivity index (χ3n) is 3.58. The molecular weight excluding hydrogens is 417 g/mol. The number of rotatable bonds is 4. The van der Waals surface area contributed by atoms with Crippen LogP contribution in [0.3, 0.4) is 0 Å². The average Bonchev–Trinajstić information content (AvgIpc) is 3.09. The van der Waals surface area contributed by atoms with Crippen LogP contribution in [0.15, 0.2) is 36.5 Å². The van der Waals surface area contributed by atoms with E-state index >= 15 is 0 Å². The van der Waals surface area contributed by atoms with Crippen molar-refractivity contribution in [1.82, 2.24) is 15.0 Å². The Labute approximate surface area is 174 Å². The summed E-state index contributed by atoms with van der Waals surface area (Å²) >= 11 is 0. The van der Waals surface area contributed by atoms with Crippen LogP contribution in [0.4, 0.5) is 30.6 Å². The molecule has 9 nitrogen and oxygen atoms in total. The van der Waals surface area contributed by atoms with Gasteiger partial charge in [-0.3, -0.25) is 4.79 Å². The summed E-state index contributed by atoms with van der Waals surface area (Å²) in [7, 11) is 0. The Balaban J connectivity index is 0.000000423. The molecule has 0 fully saturated rings. The van der Waals surface area contributed by atoms with Crippen molar-refractivity contribution in [3.05, 3.63) is 42.1 Å². The normalized spacial score (nSPS) is 11.4. The number of aromatic amines is 1. The molecule has 0 spiro atoms. The minimum absolute atomic E-state index is 0.126. The number of carbonyl (C=O) groups excluding carboxylic acids is 1. The van der Waals surface area contributed by atoms with E-state index in [-0.39, 0.29) is 5.54 Å². The first-order valence-electron chi connectivity index (χ1n) is 8.86. The lowest BCUT2D eigenvalue weighted by atomic mass is 10.1. The number of nitrogens with two attached hydrogens (primary N) is 1. The van der Waals surface area contributed by atoms with Crippen molar-refractivity contribution in [3.63, 3.8) is 0 Å². The van der Waals surface area contributed by atoms with Gasteiger partial charge in [-0.2, -0.15) is 23.1 Å². The summed E-state index contributed by atoms with van der Waals surface area (Å²) in [6.07, 6.45) is -3.25. The summed E-state index contributed by atoms with van der Waals surface area (Å²) < 4.78 is 31.7. The Hall–Kier alpha value is -3.83. The number of anilines is 3. The molecule has 2 aromatic heterocycles. The quantitative estimate of drug-likeness (QED) is 0.418. The molecule has 12 heteroatoms. The lowest BCUT2D eigenvalue weighted by Gasteiger charge is -2.22. The van der Waals surface area contributed by atoms with Crippen LogP contribution >= 0.6 is 0 Å². The maximum Gasteiger partial charge on any atom is 0.490 e. The number of aliphatic carboxylic acids is 1. The van der Waals surface area contributed by atoms with Gasteiger partial charge in [0, 0.05) is 23.0 Å². The van der Waals surface area contributed by atoms with Gasteiger partial charge >= 0.3 is 12.1 Å². The van der Waals surface area contributed by atoms with E-state index in [0.29, 0.717) is 11.5 Å². The number of nitrogens with zero attached hydrogens (tertiary/aromatic N) is 2. The van der Waals surface area contributed by atoms with Crippen molar-refractivity contribution in [2.45, 2.75) is 32.5 Å². The summed E-state index contributed by atoms with van der Waals surface area (Å²) in [5.74, 6) is -2.00. The van der Waals surface area contributed by atoms with E-state index < -0.39 is 18.1 Å². The van der Waals surface area contributed by atoms with Gasteiger partial charge in [0.2, 0.25) is 11.9 Å². The van der Waals surface area contributed by atoms with Crippen molar-refractivity contribution < 1.29 is 27.9 Å². The third kappa shape index (κ3) is 6.87. The number of benzene rings is 1. The van der Waals surface area contributed by atoms with Gasteiger partial charge < -0.3 is 26.5 Å². The topological polar surface area (TPSA) is 146 Å². The summed E-state index contributed by atoms with van der Waals surface area (Å²) in [6, 6.07) is 8.78. The van der Waals surface area contributed by atoms with E-state index in [4.69, 9.17) is 15.6 Å². The number of carboxylic acid groups (broad SMARTS) is 1. The Morgan fingerprint density at radius 1 is 1.06 bits per heavy atom. The maximum absolute atomic E-state index is 11.1. The monoisotopic (exact) mass is 438 g/mol. The average molecular weight is 438 g/mol. The van der Waals surface area contributed by atoms with Crippen molar-refractivity contribution in [1.29, 1.82) is 0 Å². The van der Waals surface area contributed by atoms with Gasteiger partial charge in [0.25, 0.3) is 0 Å². The molecule has 0 saturated heterocycles. The zero-order chi connectivity index (χ0) is 23.4. The molecule has 3 rings (SSSR count). The third-order valence-corrected chi connectivity index (χ3v) is 3.58. The van der Waals surface area contributed by atoms with Crippen LogP contribution in [-0.4, -0.2) is 43.7 Å². The number of halogens is 3. The molecule has 0 aliphatic heterocycles. The van der Waals surface area contributed by atoms with Crippen LogP contribution in [0.25, 0.3) is 11.0 Å². The Morgan fingerprint density at radius 3 is 2.13 bits per heavy atom. The molecule has 166 valence electrons. The van der Waals surface area contributed by atoms with E-state index in [2.05, 4.69) is 46.4 Å². The molecule has 31 heavy (non-hydrogen) atoms. The lowest BCUT2D eigenvalue weighted by molar-refractivity contribution is -0.192. The molecule has 0 saturated carbocycles. The van der Waals surface area contributed by atoms with Crippen LogP contribution in [0.1, 0.15) is 31.1 Å². The number of H-pyrrole nitrogens is 1. The van der Waals surface area contributed by atoms with Crippen molar-refractivity contribution in [3.8, 4) is 0 Å². The van der Waals surface area contributed by atoms with E-state index in [1.54, 1.807) is 24.3 Å². The van der Waals surface area contributed by atoms with E-state index in [1.165, 1.54) is 0 Å². The minimum Gasteiger partial charge on any atom is -0.475 e. The molecule has 6 N–H and O–H groups in total. The predicted molar refractivity (Wildman–Crippen MR) is 109 cm³/mol. The second-order valence-electron chi connectivity index (χ2n) is 7.38. The molecule has 1 amide bonds. The first-order chi connectivity index (χ1) is 14.3. The highest BCUT2D eigenvalue weighted by Crippen LogP contribution is 2.25. The van der Waals surface area contributed by atoms with Gasteiger partial charge in [-0.05, 0) is 51.1 Å². The Kier molecular flexibility index (Phi) is 6.73. The predicted octanol–water partition coefficient (Wildman–Crippen LogP) is 3.64. The number of alkyl halides is 3. The van der Waals surface area contributed by atoms with E-state index in [0.717, 1.165) is 22.5 Å². The van der Waals surface area contributed by atoms with E-state index in [1.807, 2.05) is 12.3 Å². The summed E-state index contributed by atoms with van der Waals surface area (Å²) in [5, 5.41) is 14.6. The fraction of sp³-hybridized carbons (Fsp3) is 0.263. The van der Waals surface area contributed by atoms with Crippen molar-refractivity contribution in [2.24, 2.45) is 5.73 Å². The second-order valence-corrected chi connectivity index (χ2v) is 7.38. The molecular formula is C19H21F3N6O3. The van der Waals surface area contributed by atoms with Crippen LogP contribution < -0.4 is 16.4 Å². The highest BCUT2D eigenvalue weighted by Gasteiger charge is 2.38.